The average molecular weight is 213 g/mol. The van der Waals surface area contributed by atoms with E-state index in [0.717, 1.165) is 13.0 Å². The number of nitrogens with zero attached hydrogens (tertiary/aromatic N) is 2. The van der Waals surface area contributed by atoms with E-state index in [0.29, 0.717) is 6.54 Å². The van der Waals surface area contributed by atoms with Gasteiger partial charge in [0.15, 0.2) is 0 Å². The van der Waals surface area contributed by atoms with Crippen LogP contribution in [0.15, 0.2) is 30.5 Å². The molecule has 0 amide bonds. The first kappa shape index (κ1) is 9.60. The molecule has 0 atom stereocenters. The van der Waals surface area contributed by atoms with Crippen LogP contribution in [0.2, 0.25) is 0 Å². The molecule has 0 saturated carbocycles. The van der Waals surface area contributed by atoms with Gasteiger partial charge in [0.25, 0.3) is 0 Å². The zero-order chi connectivity index (χ0) is 11.0. The topological polar surface area (TPSA) is 43.8 Å². The van der Waals surface area contributed by atoms with E-state index in [-0.39, 0.29) is 0 Å². The van der Waals surface area contributed by atoms with Crippen molar-refractivity contribution in [2.24, 2.45) is 5.73 Å². The van der Waals surface area contributed by atoms with Crippen molar-refractivity contribution in [2.75, 3.05) is 0 Å². The lowest BCUT2D eigenvalue weighted by molar-refractivity contribution is 0.656. The Morgan fingerprint density at radius 2 is 2.06 bits per heavy atom. The monoisotopic (exact) mass is 213 g/mol. The minimum absolute atomic E-state index is 0.604. The van der Waals surface area contributed by atoms with Crippen LogP contribution in [-0.4, -0.2) is 9.78 Å². The predicted octanol–water partition coefficient (Wildman–Crippen LogP) is 1.96. The van der Waals surface area contributed by atoms with Crippen molar-refractivity contribution in [3.05, 3.63) is 41.7 Å². The Kier molecular flexibility index (Phi) is 2.26. The molecule has 0 saturated heterocycles. The van der Waals surface area contributed by atoms with Gasteiger partial charge in [0.2, 0.25) is 0 Å². The summed E-state index contributed by atoms with van der Waals surface area (Å²) in [6.07, 6.45) is 4.34. The van der Waals surface area contributed by atoms with Gasteiger partial charge < -0.3 is 5.73 Å². The molecule has 0 spiro atoms. The predicted molar refractivity (Wildman–Crippen MR) is 63.9 cm³/mol. The van der Waals surface area contributed by atoms with Gasteiger partial charge in [-0.25, -0.2) is 0 Å². The van der Waals surface area contributed by atoms with Crippen molar-refractivity contribution < 1.29 is 0 Å². The molecule has 0 fully saturated rings. The van der Waals surface area contributed by atoms with Crippen LogP contribution in [0.1, 0.15) is 17.7 Å². The van der Waals surface area contributed by atoms with E-state index < -0.39 is 0 Å². The molecule has 1 aromatic heterocycles. The number of benzene rings is 1. The molecule has 1 aliphatic rings. The van der Waals surface area contributed by atoms with Gasteiger partial charge in [-0.05, 0) is 24.0 Å². The summed E-state index contributed by atoms with van der Waals surface area (Å²) >= 11 is 0. The second-order valence-corrected chi connectivity index (χ2v) is 4.23. The molecule has 0 bridgehead atoms. The van der Waals surface area contributed by atoms with Gasteiger partial charge in [0.05, 0.1) is 6.20 Å². The summed E-state index contributed by atoms with van der Waals surface area (Å²) in [5, 5.41) is 4.41. The highest BCUT2D eigenvalue weighted by molar-refractivity contribution is 5.66. The summed E-state index contributed by atoms with van der Waals surface area (Å²) in [6, 6.07) is 8.46. The SMILES string of the molecule is NCc1ccc(-c2cnn3c2CCC3)cc1. The number of fused-ring (bicyclic) bond motifs is 1. The normalized spacial score (nSPS) is 14.1. The zero-order valence-corrected chi connectivity index (χ0v) is 9.19. The van der Waals surface area contributed by atoms with Crippen molar-refractivity contribution in [2.45, 2.75) is 25.9 Å². The van der Waals surface area contributed by atoms with Crippen LogP contribution in [-0.2, 0) is 19.5 Å². The Morgan fingerprint density at radius 3 is 2.81 bits per heavy atom. The van der Waals surface area contributed by atoms with Gasteiger partial charge in [-0.2, -0.15) is 5.10 Å². The summed E-state index contributed by atoms with van der Waals surface area (Å²) in [6.45, 7) is 1.67. The van der Waals surface area contributed by atoms with Gasteiger partial charge in [0.1, 0.15) is 0 Å². The third kappa shape index (κ3) is 1.44. The van der Waals surface area contributed by atoms with E-state index in [4.69, 9.17) is 5.73 Å². The van der Waals surface area contributed by atoms with Crippen LogP contribution in [0.5, 0.6) is 0 Å². The van der Waals surface area contributed by atoms with E-state index >= 15 is 0 Å². The molecule has 16 heavy (non-hydrogen) atoms. The standard InChI is InChI=1S/C13H15N3/c14-8-10-3-5-11(6-4-10)12-9-15-16-7-1-2-13(12)16/h3-6,9H,1-2,7-8,14H2. The molecule has 3 nitrogen and oxygen atoms in total. The summed E-state index contributed by atoms with van der Waals surface area (Å²) in [5.74, 6) is 0. The molecule has 2 N–H and O–H groups in total. The Labute approximate surface area is 94.9 Å². The largest absolute Gasteiger partial charge is 0.326 e. The highest BCUT2D eigenvalue weighted by atomic mass is 15.3. The summed E-state index contributed by atoms with van der Waals surface area (Å²) in [5.41, 5.74) is 10.7. The third-order valence-corrected chi connectivity index (χ3v) is 3.23. The van der Waals surface area contributed by atoms with Crippen molar-refractivity contribution in [3.8, 4) is 11.1 Å². The number of aryl methyl sites for hydroxylation is 1. The second kappa shape index (κ2) is 3.76. The first-order valence-electron chi connectivity index (χ1n) is 5.72. The highest BCUT2D eigenvalue weighted by Crippen LogP contribution is 2.28. The fourth-order valence-corrected chi connectivity index (χ4v) is 2.32. The molecule has 3 heteroatoms. The van der Waals surface area contributed by atoms with E-state index in [1.54, 1.807) is 0 Å². The van der Waals surface area contributed by atoms with Gasteiger partial charge in [0, 0.05) is 24.3 Å². The molecular formula is C13H15N3. The number of nitrogens with two attached hydrogens (primary N) is 1. The van der Waals surface area contributed by atoms with Gasteiger partial charge >= 0.3 is 0 Å². The molecule has 3 rings (SSSR count). The Balaban J connectivity index is 2.01. The van der Waals surface area contributed by atoms with Crippen molar-refractivity contribution in [3.63, 3.8) is 0 Å². The molecule has 1 aromatic carbocycles. The van der Waals surface area contributed by atoms with E-state index in [9.17, 15) is 0 Å². The van der Waals surface area contributed by atoms with Crippen LogP contribution in [0.3, 0.4) is 0 Å². The fourth-order valence-electron chi connectivity index (χ4n) is 2.32. The molecule has 0 radical (unpaired) electrons. The van der Waals surface area contributed by atoms with Crippen LogP contribution < -0.4 is 5.73 Å². The van der Waals surface area contributed by atoms with Gasteiger partial charge in [-0.1, -0.05) is 24.3 Å². The second-order valence-electron chi connectivity index (χ2n) is 4.23. The maximum Gasteiger partial charge on any atom is 0.0571 e. The molecule has 2 aromatic rings. The first-order chi connectivity index (χ1) is 7.88. The Bertz CT molecular complexity index is 496. The van der Waals surface area contributed by atoms with E-state index in [1.165, 1.54) is 28.8 Å². The molecular weight excluding hydrogens is 198 g/mol. The van der Waals surface area contributed by atoms with Gasteiger partial charge in [-0.3, -0.25) is 4.68 Å². The molecule has 1 aliphatic heterocycles. The van der Waals surface area contributed by atoms with Crippen LogP contribution in [0.4, 0.5) is 0 Å². The molecule has 0 aliphatic carbocycles. The number of rotatable bonds is 2. The molecule has 0 unspecified atom stereocenters. The number of hydrogen-bond acceptors (Lipinski definition) is 2. The van der Waals surface area contributed by atoms with Crippen molar-refractivity contribution in [1.29, 1.82) is 0 Å². The molecule has 82 valence electrons. The highest BCUT2D eigenvalue weighted by Gasteiger charge is 2.16. The van der Waals surface area contributed by atoms with Crippen molar-refractivity contribution >= 4 is 0 Å². The average Bonchev–Trinajstić information content (AvgIpc) is 2.91. The lowest BCUT2D eigenvalue weighted by atomic mass is 10.0. The van der Waals surface area contributed by atoms with Crippen LogP contribution >= 0.6 is 0 Å². The van der Waals surface area contributed by atoms with E-state index in [1.807, 2.05) is 6.20 Å². The minimum Gasteiger partial charge on any atom is -0.326 e. The van der Waals surface area contributed by atoms with Crippen LogP contribution in [0.25, 0.3) is 11.1 Å². The molecule has 2 heterocycles. The maximum atomic E-state index is 5.59. The van der Waals surface area contributed by atoms with E-state index in [2.05, 4.69) is 34.0 Å². The number of aromatic nitrogens is 2. The van der Waals surface area contributed by atoms with Crippen LogP contribution in [0, 0.1) is 0 Å². The number of hydrogen-bond donors (Lipinski definition) is 1. The first-order valence-corrected chi connectivity index (χ1v) is 5.72. The Hall–Kier alpha value is -1.61. The lowest BCUT2D eigenvalue weighted by Crippen LogP contribution is -1.95. The zero-order valence-electron chi connectivity index (χ0n) is 9.19. The third-order valence-electron chi connectivity index (χ3n) is 3.23. The summed E-state index contributed by atoms with van der Waals surface area (Å²) in [7, 11) is 0. The summed E-state index contributed by atoms with van der Waals surface area (Å²) in [4.78, 5) is 0. The van der Waals surface area contributed by atoms with Gasteiger partial charge in [-0.15, -0.1) is 0 Å². The fraction of sp³-hybridized carbons (Fsp3) is 0.308. The van der Waals surface area contributed by atoms with Crippen molar-refractivity contribution in [1.82, 2.24) is 9.78 Å². The minimum atomic E-state index is 0.604. The Morgan fingerprint density at radius 1 is 1.25 bits per heavy atom. The smallest absolute Gasteiger partial charge is 0.0571 e. The quantitative estimate of drug-likeness (QED) is 0.828. The lowest BCUT2D eigenvalue weighted by Gasteiger charge is -2.02. The maximum absolute atomic E-state index is 5.59. The summed E-state index contributed by atoms with van der Waals surface area (Å²) < 4.78 is 2.12.